The summed E-state index contributed by atoms with van der Waals surface area (Å²) in [5.74, 6) is -1.05. The summed E-state index contributed by atoms with van der Waals surface area (Å²) in [5.41, 5.74) is 1.07. The van der Waals surface area contributed by atoms with Gasteiger partial charge in [-0.2, -0.15) is 0 Å². The molecule has 0 radical (unpaired) electrons. The number of rotatable bonds is 4. The van der Waals surface area contributed by atoms with Crippen LogP contribution in [0.4, 0.5) is 8.78 Å². The molecule has 5 heteroatoms. The van der Waals surface area contributed by atoms with Crippen LogP contribution in [-0.2, 0) is 6.42 Å². The molecule has 102 valence electrons. The van der Waals surface area contributed by atoms with Gasteiger partial charge in [0.2, 0.25) is 0 Å². The average molecular weight is 302 g/mol. The van der Waals surface area contributed by atoms with Crippen molar-refractivity contribution in [3.8, 4) is 0 Å². The highest BCUT2D eigenvalue weighted by atomic mass is 35.5. The average Bonchev–Trinajstić information content (AvgIpc) is 2.71. The van der Waals surface area contributed by atoms with Crippen molar-refractivity contribution in [2.24, 2.45) is 0 Å². The molecule has 0 aliphatic rings. The molecule has 0 aliphatic heterocycles. The monoisotopic (exact) mass is 301 g/mol. The Labute approximate surface area is 120 Å². The van der Waals surface area contributed by atoms with Crippen LogP contribution in [0, 0.1) is 18.6 Å². The molecule has 1 aromatic carbocycles. The van der Waals surface area contributed by atoms with Gasteiger partial charge in [0.25, 0.3) is 0 Å². The van der Waals surface area contributed by atoms with E-state index < -0.39 is 11.6 Å². The second kappa shape index (κ2) is 5.99. The summed E-state index contributed by atoms with van der Waals surface area (Å²) in [6.07, 6.45) is 0.231. The van der Waals surface area contributed by atoms with Crippen molar-refractivity contribution < 1.29 is 8.78 Å². The molecule has 0 fully saturated rings. The van der Waals surface area contributed by atoms with Crippen molar-refractivity contribution in [3.05, 3.63) is 56.2 Å². The van der Waals surface area contributed by atoms with Crippen molar-refractivity contribution in [3.63, 3.8) is 0 Å². The Morgan fingerprint density at radius 1 is 1.32 bits per heavy atom. The molecule has 2 rings (SSSR count). The normalized spacial score (nSPS) is 12.7. The van der Waals surface area contributed by atoms with E-state index in [2.05, 4.69) is 5.32 Å². The van der Waals surface area contributed by atoms with E-state index >= 15 is 0 Å². The molecule has 0 saturated heterocycles. The predicted octanol–water partition coefficient (Wildman–Crippen LogP) is 4.49. The summed E-state index contributed by atoms with van der Waals surface area (Å²) in [7, 11) is 1.76. The fraction of sp³-hybridized carbons (Fsp3) is 0.286. The van der Waals surface area contributed by atoms with Crippen LogP contribution in [0.5, 0.6) is 0 Å². The topological polar surface area (TPSA) is 12.0 Å². The van der Waals surface area contributed by atoms with Crippen LogP contribution in [-0.4, -0.2) is 7.05 Å². The van der Waals surface area contributed by atoms with E-state index in [1.807, 2.05) is 12.3 Å². The third-order valence-corrected chi connectivity index (χ3v) is 4.89. The summed E-state index contributed by atoms with van der Waals surface area (Å²) >= 11 is 7.71. The quantitative estimate of drug-likeness (QED) is 0.877. The van der Waals surface area contributed by atoms with Crippen LogP contribution < -0.4 is 5.32 Å². The molecule has 1 atom stereocenters. The smallest absolute Gasteiger partial charge is 0.129 e. The van der Waals surface area contributed by atoms with E-state index in [0.29, 0.717) is 5.02 Å². The van der Waals surface area contributed by atoms with Gasteiger partial charge >= 0.3 is 0 Å². The third-order valence-electron chi connectivity index (χ3n) is 3.06. The van der Waals surface area contributed by atoms with Gasteiger partial charge < -0.3 is 5.32 Å². The van der Waals surface area contributed by atoms with Crippen LogP contribution in [0.25, 0.3) is 0 Å². The van der Waals surface area contributed by atoms with Crippen LogP contribution >= 0.6 is 22.9 Å². The van der Waals surface area contributed by atoms with Gasteiger partial charge in [-0.05, 0) is 43.5 Å². The van der Waals surface area contributed by atoms with Gasteiger partial charge in [0.15, 0.2) is 0 Å². The van der Waals surface area contributed by atoms with E-state index in [-0.39, 0.29) is 18.0 Å². The second-order valence-corrected chi connectivity index (χ2v) is 5.63. The van der Waals surface area contributed by atoms with Gasteiger partial charge in [-0.1, -0.05) is 17.7 Å². The Morgan fingerprint density at radius 3 is 2.42 bits per heavy atom. The van der Waals surface area contributed by atoms with E-state index in [4.69, 9.17) is 11.6 Å². The Balaban J connectivity index is 2.32. The lowest BCUT2D eigenvalue weighted by Gasteiger charge is -2.16. The number of hydrogen-bond acceptors (Lipinski definition) is 2. The number of aryl methyl sites for hydroxylation is 1. The summed E-state index contributed by atoms with van der Waals surface area (Å²) < 4.78 is 27.3. The van der Waals surface area contributed by atoms with E-state index in [1.54, 1.807) is 7.05 Å². The van der Waals surface area contributed by atoms with Crippen molar-refractivity contribution in [1.82, 2.24) is 5.32 Å². The number of halogens is 3. The molecule has 19 heavy (non-hydrogen) atoms. The summed E-state index contributed by atoms with van der Waals surface area (Å²) in [5, 5.41) is 5.68. The maximum Gasteiger partial charge on any atom is 0.129 e. The molecule has 0 aliphatic carbocycles. The van der Waals surface area contributed by atoms with Gasteiger partial charge in [-0.25, -0.2) is 8.78 Å². The first-order chi connectivity index (χ1) is 9.04. The highest BCUT2D eigenvalue weighted by Gasteiger charge is 2.20. The van der Waals surface area contributed by atoms with Crippen molar-refractivity contribution in [1.29, 1.82) is 0 Å². The zero-order valence-electron chi connectivity index (χ0n) is 10.6. The molecule has 2 aromatic rings. The van der Waals surface area contributed by atoms with Gasteiger partial charge in [0.05, 0.1) is 5.02 Å². The van der Waals surface area contributed by atoms with Crippen LogP contribution in [0.3, 0.4) is 0 Å². The SMILES string of the molecule is CNC(Cc1c(F)cccc1F)c1scc(C)c1Cl. The van der Waals surface area contributed by atoms with Crippen LogP contribution in [0.2, 0.25) is 5.02 Å². The Morgan fingerprint density at radius 2 is 1.95 bits per heavy atom. The lowest BCUT2D eigenvalue weighted by atomic mass is 10.0. The van der Waals surface area contributed by atoms with Gasteiger partial charge in [0.1, 0.15) is 11.6 Å². The molecular weight excluding hydrogens is 288 g/mol. The fourth-order valence-corrected chi connectivity index (χ4v) is 3.38. The largest absolute Gasteiger partial charge is 0.312 e. The minimum atomic E-state index is -0.523. The summed E-state index contributed by atoms with van der Waals surface area (Å²) in [6, 6.07) is 3.71. The van der Waals surface area contributed by atoms with E-state index in [0.717, 1.165) is 10.4 Å². The molecular formula is C14H14ClF2NS. The molecule has 0 saturated carbocycles. The highest BCUT2D eigenvalue weighted by Crippen LogP contribution is 2.34. The molecule has 1 unspecified atom stereocenters. The van der Waals surface area contributed by atoms with Gasteiger partial charge in [-0.3, -0.25) is 0 Å². The van der Waals surface area contributed by atoms with Crippen LogP contribution in [0.15, 0.2) is 23.6 Å². The maximum atomic E-state index is 13.7. The number of likely N-dealkylation sites (N-methyl/N-ethyl adjacent to an activating group) is 1. The number of hydrogen-bond donors (Lipinski definition) is 1. The molecule has 1 heterocycles. The first-order valence-corrected chi connectivity index (χ1v) is 7.14. The Hall–Kier alpha value is -0.970. The molecule has 1 N–H and O–H groups in total. The van der Waals surface area contributed by atoms with Crippen molar-refractivity contribution >= 4 is 22.9 Å². The molecule has 0 bridgehead atoms. The first kappa shape index (κ1) is 14.4. The minimum absolute atomic E-state index is 0.0870. The van der Waals surface area contributed by atoms with Gasteiger partial charge in [0, 0.05) is 16.5 Å². The second-order valence-electron chi connectivity index (χ2n) is 4.34. The third kappa shape index (κ3) is 2.96. The van der Waals surface area contributed by atoms with Crippen LogP contribution in [0.1, 0.15) is 22.0 Å². The lowest BCUT2D eigenvalue weighted by Crippen LogP contribution is -2.19. The maximum absolute atomic E-state index is 13.7. The number of thiophene rings is 1. The highest BCUT2D eigenvalue weighted by molar-refractivity contribution is 7.10. The number of nitrogens with one attached hydrogen (secondary N) is 1. The Bertz CT molecular complexity index is 563. The van der Waals surface area contributed by atoms with Gasteiger partial charge in [-0.15, -0.1) is 11.3 Å². The molecule has 0 amide bonds. The van der Waals surface area contributed by atoms with E-state index in [9.17, 15) is 8.78 Å². The lowest BCUT2D eigenvalue weighted by molar-refractivity contribution is 0.518. The van der Waals surface area contributed by atoms with E-state index in [1.165, 1.54) is 29.5 Å². The van der Waals surface area contributed by atoms with Crippen molar-refractivity contribution in [2.45, 2.75) is 19.4 Å². The van der Waals surface area contributed by atoms with Crippen molar-refractivity contribution in [2.75, 3.05) is 7.05 Å². The Kier molecular flexibility index (Phi) is 4.55. The standard InChI is InChI=1S/C14H14ClF2NS/c1-8-7-19-14(13(8)15)12(18-2)6-9-10(16)4-3-5-11(9)17/h3-5,7,12,18H,6H2,1-2H3. The first-order valence-electron chi connectivity index (χ1n) is 5.88. The summed E-state index contributed by atoms with van der Waals surface area (Å²) in [6.45, 7) is 1.92. The fourth-order valence-electron chi connectivity index (χ4n) is 1.94. The predicted molar refractivity (Wildman–Crippen MR) is 75.9 cm³/mol. The minimum Gasteiger partial charge on any atom is -0.312 e. The summed E-state index contributed by atoms with van der Waals surface area (Å²) in [4.78, 5) is 0.907. The molecule has 1 nitrogen and oxygen atoms in total. The molecule has 0 spiro atoms. The molecule has 1 aromatic heterocycles. The zero-order valence-corrected chi connectivity index (χ0v) is 12.2. The number of benzene rings is 1. The zero-order chi connectivity index (χ0) is 14.0.